The molecule has 3 rings (SSSR count). The van der Waals surface area contributed by atoms with E-state index >= 15 is 0 Å². The van der Waals surface area contributed by atoms with Crippen LogP contribution in [0.5, 0.6) is 0 Å². The summed E-state index contributed by atoms with van der Waals surface area (Å²) in [7, 11) is 0. The van der Waals surface area contributed by atoms with Gasteiger partial charge in [-0.15, -0.1) is 0 Å². The summed E-state index contributed by atoms with van der Waals surface area (Å²) in [6.45, 7) is 3.40. The number of hydrogen-bond acceptors (Lipinski definition) is 3. The molecule has 1 N–H and O–H groups in total. The lowest BCUT2D eigenvalue weighted by Crippen LogP contribution is -2.19. The molecule has 1 heterocycles. The number of benzene rings is 1. The van der Waals surface area contributed by atoms with E-state index in [4.69, 9.17) is 9.47 Å². The van der Waals surface area contributed by atoms with E-state index in [0.29, 0.717) is 12.7 Å². The lowest BCUT2D eigenvalue weighted by molar-refractivity contribution is 0.0317. The predicted octanol–water partition coefficient (Wildman–Crippen LogP) is 2.29. The third kappa shape index (κ3) is 4.30. The van der Waals surface area contributed by atoms with Gasteiger partial charge in [-0.2, -0.15) is 0 Å². The largest absolute Gasteiger partial charge is 0.379 e. The van der Waals surface area contributed by atoms with Crippen LogP contribution in [0.2, 0.25) is 0 Å². The zero-order valence-electron chi connectivity index (χ0n) is 11.4. The molecule has 104 valence electrons. The summed E-state index contributed by atoms with van der Waals surface area (Å²) in [5.41, 5.74) is 2.66. The van der Waals surface area contributed by atoms with Gasteiger partial charge in [-0.25, -0.2) is 0 Å². The molecule has 3 nitrogen and oxygen atoms in total. The highest BCUT2D eigenvalue weighted by Gasteiger charge is 2.19. The maximum absolute atomic E-state index is 5.81. The molecule has 1 unspecified atom stereocenters. The van der Waals surface area contributed by atoms with Crippen LogP contribution >= 0.6 is 0 Å². The first-order chi connectivity index (χ1) is 9.40. The Kier molecular flexibility index (Phi) is 4.49. The van der Waals surface area contributed by atoms with Crippen LogP contribution in [0.4, 0.5) is 0 Å². The van der Waals surface area contributed by atoms with Crippen LogP contribution in [0.1, 0.15) is 30.4 Å². The van der Waals surface area contributed by atoms with Crippen molar-refractivity contribution in [2.24, 2.45) is 0 Å². The van der Waals surface area contributed by atoms with Crippen molar-refractivity contribution in [1.29, 1.82) is 0 Å². The fraction of sp³-hybridized carbons (Fsp3) is 0.625. The number of rotatable bonds is 7. The molecule has 1 saturated carbocycles. The lowest BCUT2D eigenvalue weighted by Gasteiger charge is -2.10. The van der Waals surface area contributed by atoms with E-state index in [2.05, 4.69) is 29.6 Å². The predicted molar refractivity (Wildman–Crippen MR) is 75.2 cm³/mol. The fourth-order valence-corrected chi connectivity index (χ4v) is 2.37. The van der Waals surface area contributed by atoms with Crippen molar-refractivity contribution < 1.29 is 9.47 Å². The summed E-state index contributed by atoms with van der Waals surface area (Å²) < 4.78 is 11.1. The van der Waals surface area contributed by atoms with Crippen molar-refractivity contribution in [2.75, 3.05) is 19.8 Å². The SMILES string of the molecule is c1cc(COC2CCOC2)ccc1CCNC1CC1. The number of nitrogens with one attached hydrogen (secondary N) is 1. The van der Waals surface area contributed by atoms with Crippen LogP contribution in [0.15, 0.2) is 24.3 Å². The minimum atomic E-state index is 0.294. The Labute approximate surface area is 115 Å². The number of hydrogen-bond donors (Lipinski definition) is 1. The smallest absolute Gasteiger partial charge is 0.0834 e. The molecular formula is C16H23NO2. The third-order valence-corrected chi connectivity index (χ3v) is 3.82. The second-order valence-corrected chi connectivity index (χ2v) is 5.59. The zero-order valence-corrected chi connectivity index (χ0v) is 11.4. The summed E-state index contributed by atoms with van der Waals surface area (Å²) in [5.74, 6) is 0. The molecule has 1 aliphatic heterocycles. The summed E-state index contributed by atoms with van der Waals surface area (Å²) >= 11 is 0. The van der Waals surface area contributed by atoms with Gasteiger partial charge in [0.15, 0.2) is 0 Å². The van der Waals surface area contributed by atoms with Gasteiger partial charge in [0.2, 0.25) is 0 Å². The van der Waals surface area contributed by atoms with Gasteiger partial charge in [0.1, 0.15) is 0 Å². The van der Waals surface area contributed by atoms with Crippen molar-refractivity contribution in [3.63, 3.8) is 0 Å². The van der Waals surface area contributed by atoms with Gasteiger partial charge in [0.25, 0.3) is 0 Å². The van der Waals surface area contributed by atoms with Crippen LogP contribution in [0.3, 0.4) is 0 Å². The lowest BCUT2D eigenvalue weighted by atomic mass is 10.1. The van der Waals surface area contributed by atoms with Gasteiger partial charge in [-0.05, 0) is 43.4 Å². The molecule has 3 heteroatoms. The molecule has 0 aromatic heterocycles. The first-order valence-electron chi connectivity index (χ1n) is 7.41. The molecule has 1 atom stereocenters. The second kappa shape index (κ2) is 6.51. The molecule has 1 aromatic rings. The van der Waals surface area contributed by atoms with Gasteiger partial charge in [0, 0.05) is 12.6 Å². The molecule has 2 aliphatic rings. The van der Waals surface area contributed by atoms with Crippen molar-refractivity contribution in [3.8, 4) is 0 Å². The highest BCUT2D eigenvalue weighted by Crippen LogP contribution is 2.18. The Morgan fingerprint density at radius 1 is 1.11 bits per heavy atom. The van der Waals surface area contributed by atoms with Crippen LogP contribution in [0.25, 0.3) is 0 Å². The number of ether oxygens (including phenoxy) is 2. The Balaban J connectivity index is 1.39. The van der Waals surface area contributed by atoms with Crippen molar-refractivity contribution in [3.05, 3.63) is 35.4 Å². The van der Waals surface area contributed by atoms with E-state index in [-0.39, 0.29) is 0 Å². The fourth-order valence-electron chi connectivity index (χ4n) is 2.37. The Morgan fingerprint density at radius 2 is 1.89 bits per heavy atom. The highest BCUT2D eigenvalue weighted by atomic mass is 16.5. The average molecular weight is 261 g/mol. The molecule has 0 spiro atoms. The van der Waals surface area contributed by atoms with Crippen LogP contribution in [0, 0.1) is 0 Å². The molecule has 19 heavy (non-hydrogen) atoms. The Morgan fingerprint density at radius 3 is 2.58 bits per heavy atom. The van der Waals surface area contributed by atoms with Crippen molar-refractivity contribution in [2.45, 2.75) is 44.4 Å². The highest BCUT2D eigenvalue weighted by molar-refractivity contribution is 5.22. The first-order valence-corrected chi connectivity index (χ1v) is 7.41. The maximum Gasteiger partial charge on any atom is 0.0834 e. The van der Waals surface area contributed by atoms with Gasteiger partial charge in [-0.3, -0.25) is 0 Å². The molecule has 0 amide bonds. The maximum atomic E-state index is 5.81. The van der Waals surface area contributed by atoms with Gasteiger partial charge < -0.3 is 14.8 Å². The quantitative estimate of drug-likeness (QED) is 0.817. The summed E-state index contributed by atoms with van der Waals surface area (Å²) in [6, 6.07) is 9.61. The Bertz CT molecular complexity index is 380. The molecule has 2 fully saturated rings. The van der Waals surface area contributed by atoms with Crippen LogP contribution in [-0.4, -0.2) is 31.9 Å². The van der Waals surface area contributed by atoms with Crippen molar-refractivity contribution in [1.82, 2.24) is 5.32 Å². The molecular weight excluding hydrogens is 238 g/mol. The molecule has 0 bridgehead atoms. The minimum Gasteiger partial charge on any atom is -0.379 e. The summed E-state index contributed by atoms with van der Waals surface area (Å²) in [6.07, 6.45) is 5.17. The molecule has 1 aliphatic carbocycles. The van der Waals surface area contributed by atoms with E-state index < -0.39 is 0 Å². The summed E-state index contributed by atoms with van der Waals surface area (Å²) in [5, 5.41) is 3.54. The minimum absolute atomic E-state index is 0.294. The van der Waals surface area contributed by atoms with E-state index in [0.717, 1.165) is 38.6 Å². The molecule has 1 saturated heterocycles. The molecule has 1 aromatic carbocycles. The van der Waals surface area contributed by atoms with E-state index in [1.807, 2.05) is 0 Å². The average Bonchev–Trinajstić information content (AvgIpc) is 3.12. The van der Waals surface area contributed by atoms with Crippen molar-refractivity contribution >= 4 is 0 Å². The van der Waals surface area contributed by atoms with Gasteiger partial charge >= 0.3 is 0 Å². The van der Waals surface area contributed by atoms with E-state index in [1.165, 1.54) is 24.0 Å². The van der Waals surface area contributed by atoms with E-state index in [1.54, 1.807) is 0 Å². The standard InChI is InChI=1S/C16H23NO2/c1-3-14(11-19-16-8-10-18-12-16)4-2-13(1)7-9-17-15-5-6-15/h1-4,15-17H,5-12H2. The normalized spacial score (nSPS) is 22.8. The van der Waals surface area contributed by atoms with E-state index in [9.17, 15) is 0 Å². The topological polar surface area (TPSA) is 30.5 Å². The van der Waals surface area contributed by atoms with Gasteiger partial charge in [-0.1, -0.05) is 24.3 Å². The van der Waals surface area contributed by atoms with Crippen LogP contribution < -0.4 is 5.32 Å². The Hall–Kier alpha value is -0.900. The third-order valence-electron chi connectivity index (χ3n) is 3.82. The molecule has 0 radical (unpaired) electrons. The zero-order chi connectivity index (χ0) is 12.9. The first kappa shape index (κ1) is 13.1. The summed E-state index contributed by atoms with van der Waals surface area (Å²) in [4.78, 5) is 0. The second-order valence-electron chi connectivity index (χ2n) is 5.59. The van der Waals surface area contributed by atoms with Gasteiger partial charge in [0.05, 0.1) is 19.3 Å². The van der Waals surface area contributed by atoms with Crippen LogP contribution in [-0.2, 0) is 22.5 Å². The monoisotopic (exact) mass is 261 g/mol.